The summed E-state index contributed by atoms with van der Waals surface area (Å²) in [6.07, 6.45) is 0. The smallest absolute Gasteiger partial charge is 0.335 e. The lowest BCUT2D eigenvalue weighted by Crippen LogP contribution is -1.96. The van der Waals surface area contributed by atoms with E-state index in [1.54, 1.807) is 32.4 Å². The van der Waals surface area contributed by atoms with Crippen molar-refractivity contribution in [2.45, 2.75) is 0 Å². The zero-order valence-corrected chi connectivity index (χ0v) is 11.8. The number of carboxylic acids is 1. The summed E-state index contributed by atoms with van der Waals surface area (Å²) in [7, 11) is 3.11. The molecule has 0 aromatic heterocycles. The molecule has 0 aliphatic rings. The molecule has 0 atom stereocenters. The van der Waals surface area contributed by atoms with Crippen molar-refractivity contribution in [1.82, 2.24) is 0 Å². The van der Waals surface area contributed by atoms with Crippen LogP contribution in [-0.2, 0) is 0 Å². The minimum absolute atomic E-state index is 0.152. The van der Waals surface area contributed by atoms with Crippen molar-refractivity contribution in [2.75, 3.05) is 14.2 Å². The van der Waals surface area contributed by atoms with Crippen molar-refractivity contribution >= 4 is 17.6 Å². The average molecular weight is 293 g/mol. The summed E-state index contributed by atoms with van der Waals surface area (Å²) in [6, 6.07) is 10.0. The van der Waals surface area contributed by atoms with E-state index in [9.17, 15) is 4.79 Å². The summed E-state index contributed by atoms with van der Waals surface area (Å²) >= 11 is 6.14. The van der Waals surface area contributed by atoms with Gasteiger partial charge in [-0.1, -0.05) is 23.7 Å². The molecule has 0 aliphatic heterocycles. The Morgan fingerprint density at radius 3 is 2.30 bits per heavy atom. The fourth-order valence-corrected chi connectivity index (χ4v) is 2.18. The lowest BCUT2D eigenvalue weighted by atomic mass is 10.0. The number of methoxy groups -OCH3 is 2. The van der Waals surface area contributed by atoms with Crippen molar-refractivity contribution in [3.8, 4) is 22.6 Å². The van der Waals surface area contributed by atoms with Crippen LogP contribution >= 0.6 is 11.6 Å². The Kier molecular flexibility index (Phi) is 4.15. The number of hydrogen-bond acceptors (Lipinski definition) is 3. The van der Waals surface area contributed by atoms with E-state index in [1.165, 1.54) is 12.1 Å². The number of halogens is 1. The summed E-state index contributed by atoms with van der Waals surface area (Å²) in [5.74, 6) is 0.198. The molecule has 0 heterocycles. The molecule has 0 bridgehead atoms. The number of carboxylic acid groups (broad SMARTS) is 1. The molecule has 0 saturated heterocycles. The van der Waals surface area contributed by atoms with Crippen LogP contribution in [0.25, 0.3) is 11.1 Å². The van der Waals surface area contributed by atoms with Gasteiger partial charge < -0.3 is 14.6 Å². The average Bonchev–Trinajstić information content (AvgIpc) is 2.46. The highest BCUT2D eigenvalue weighted by atomic mass is 35.5. The maximum atomic E-state index is 10.9. The normalized spacial score (nSPS) is 10.2. The zero-order valence-electron chi connectivity index (χ0n) is 11.0. The Labute approximate surface area is 121 Å². The molecule has 104 valence electrons. The van der Waals surface area contributed by atoms with Gasteiger partial charge in [0, 0.05) is 10.6 Å². The largest absolute Gasteiger partial charge is 0.493 e. The molecule has 0 fully saturated rings. The molecular formula is C15H13ClO4. The van der Waals surface area contributed by atoms with E-state index in [4.69, 9.17) is 26.2 Å². The van der Waals surface area contributed by atoms with Crippen LogP contribution in [0.3, 0.4) is 0 Å². The van der Waals surface area contributed by atoms with Crippen LogP contribution in [0.15, 0.2) is 36.4 Å². The maximum absolute atomic E-state index is 10.9. The summed E-state index contributed by atoms with van der Waals surface area (Å²) in [5.41, 5.74) is 1.71. The Hall–Kier alpha value is -2.20. The van der Waals surface area contributed by atoms with Crippen LogP contribution in [0.5, 0.6) is 11.5 Å². The van der Waals surface area contributed by atoms with Crippen molar-refractivity contribution in [3.63, 3.8) is 0 Å². The SMILES string of the molecule is COc1ccc(-c2ccc(C(=O)O)cc2Cl)cc1OC. The van der Waals surface area contributed by atoms with Gasteiger partial charge in [-0.3, -0.25) is 0 Å². The number of aromatic carboxylic acids is 1. The highest BCUT2D eigenvalue weighted by Gasteiger charge is 2.11. The van der Waals surface area contributed by atoms with E-state index in [-0.39, 0.29) is 5.56 Å². The van der Waals surface area contributed by atoms with E-state index in [1.807, 2.05) is 6.07 Å². The third-order valence-corrected chi connectivity index (χ3v) is 3.22. The monoisotopic (exact) mass is 292 g/mol. The summed E-state index contributed by atoms with van der Waals surface area (Å²) in [5, 5.41) is 9.30. The number of carbonyl (C=O) groups is 1. The number of rotatable bonds is 4. The van der Waals surface area contributed by atoms with E-state index in [0.717, 1.165) is 11.1 Å². The first-order valence-electron chi connectivity index (χ1n) is 5.82. The Morgan fingerprint density at radius 2 is 1.75 bits per heavy atom. The molecule has 20 heavy (non-hydrogen) atoms. The van der Waals surface area contributed by atoms with E-state index < -0.39 is 5.97 Å². The van der Waals surface area contributed by atoms with E-state index in [0.29, 0.717) is 16.5 Å². The third-order valence-electron chi connectivity index (χ3n) is 2.91. The topological polar surface area (TPSA) is 55.8 Å². The lowest BCUT2D eigenvalue weighted by molar-refractivity contribution is 0.0697. The van der Waals surface area contributed by atoms with Crippen LogP contribution < -0.4 is 9.47 Å². The second kappa shape index (κ2) is 5.84. The molecule has 2 aromatic rings. The van der Waals surface area contributed by atoms with Gasteiger partial charge in [-0.25, -0.2) is 4.79 Å². The highest BCUT2D eigenvalue weighted by Crippen LogP contribution is 2.35. The Bertz CT molecular complexity index is 652. The molecule has 5 heteroatoms. The Morgan fingerprint density at radius 1 is 1.05 bits per heavy atom. The lowest BCUT2D eigenvalue weighted by Gasteiger charge is -2.11. The molecule has 0 aliphatic carbocycles. The molecule has 1 N–H and O–H groups in total. The molecule has 4 nitrogen and oxygen atoms in total. The molecule has 0 radical (unpaired) electrons. The van der Waals surface area contributed by atoms with Crippen LogP contribution in [-0.4, -0.2) is 25.3 Å². The van der Waals surface area contributed by atoms with Crippen molar-refractivity contribution in [3.05, 3.63) is 47.0 Å². The summed E-state index contributed by atoms with van der Waals surface area (Å²) in [4.78, 5) is 10.9. The van der Waals surface area contributed by atoms with Gasteiger partial charge in [0.1, 0.15) is 0 Å². The molecule has 0 spiro atoms. The van der Waals surface area contributed by atoms with Gasteiger partial charge in [0.25, 0.3) is 0 Å². The van der Waals surface area contributed by atoms with Gasteiger partial charge in [-0.2, -0.15) is 0 Å². The van der Waals surface area contributed by atoms with Crippen molar-refractivity contribution in [1.29, 1.82) is 0 Å². The van der Waals surface area contributed by atoms with Gasteiger partial charge in [-0.15, -0.1) is 0 Å². The fourth-order valence-electron chi connectivity index (χ4n) is 1.89. The second-order valence-electron chi connectivity index (χ2n) is 4.07. The molecule has 0 saturated carbocycles. The predicted molar refractivity (Wildman–Crippen MR) is 77.0 cm³/mol. The van der Waals surface area contributed by atoms with Gasteiger partial charge >= 0.3 is 5.97 Å². The highest BCUT2D eigenvalue weighted by molar-refractivity contribution is 6.33. The van der Waals surface area contributed by atoms with Crippen LogP contribution in [0.1, 0.15) is 10.4 Å². The van der Waals surface area contributed by atoms with Gasteiger partial charge in [0.15, 0.2) is 11.5 Å². The predicted octanol–water partition coefficient (Wildman–Crippen LogP) is 3.72. The van der Waals surface area contributed by atoms with E-state index >= 15 is 0 Å². The number of ether oxygens (including phenoxy) is 2. The maximum Gasteiger partial charge on any atom is 0.335 e. The van der Waals surface area contributed by atoms with Gasteiger partial charge in [-0.05, 0) is 29.8 Å². The zero-order chi connectivity index (χ0) is 14.7. The first-order valence-corrected chi connectivity index (χ1v) is 6.20. The number of benzene rings is 2. The molecule has 2 rings (SSSR count). The second-order valence-corrected chi connectivity index (χ2v) is 4.48. The molecule has 0 unspecified atom stereocenters. The van der Waals surface area contributed by atoms with Crippen molar-refractivity contribution < 1.29 is 19.4 Å². The first-order chi connectivity index (χ1) is 9.56. The standard InChI is InChI=1S/C15H13ClO4/c1-19-13-6-4-9(8-14(13)20-2)11-5-3-10(15(17)18)7-12(11)16/h3-8H,1-2H3,(H,17,18). The van der Waals surface area contributed by atoms with Crippen LogP contribution in [0.2, 0.25) is 5.02 Å². The van der Waals surface area contributed by atoms with Crippen LogP contribution in [0.4, 0.5) is 0 Å². The molecule has 2 aromatic carbocycles. The fraction of sp³-hybridized carbons (Fsp3) is 0.133. The van der Waals surface area contributed by atoms with Gasteiger partial charge in [0.2, 0.25) is 0 Å². The summed E-state index contributed by atoms with van der Waals surface area (Å²) < 4.78 is 10.4. The minimum Gasteiger partial charge on any atom is -0.493 e. The van der Waals surface area contributed by atoms with Gasteiger partial charge in [0.05, 0.1) is 19.8 Å². The van der Waals surface area contributed by atoms with E-state index in [2.05, 4.69) is 0 Å². The first kappa shape index (κ1) is 14.2. The van der Waals surface area contributed by atoms with Crippen LogP contribution in [0, 0.1) is 0 Å². The van der Waals surface area contributed by atoms with Crippen molar-refractivity contribution in [2.24, 2.45) is 0 Å². The molecule has 0 amide bonds. The molecular weight excluding hydrogens is 280 g/mol. The number of hydrogen-bond donors (Lipinski definition) is 1. The summed E-state index contributed by atoms with van der Waals surface area (Å²) in [6.45, 7) is 0. The quantitative estimate of drug-likeness (QED) is 0.933. The third kappa shape index (κ3) is 2.70. The minimum atomic E-state index is -1.01. The Balaban J connectivity index is 2.49.